The third-order valence-electron chi connectivity index (χ3n) is 5.79. The van der Waals surface area contributed by atoms with Crippen LogP contribution in [0.5, 0.6) is 0 Å². The summed E-state index contributed by atoms with van der Waals surface area (Å²) in [6.07, 6.45) is 0. The molecule has 4 rings (SSSR count). The van der Waals surface area contributed by atoms with Gasteiger partial charge < -0.3 is 10.2 Å². The molecule has 0 radical (unpaired) electrons. The number of nitrogens with one attached hydrogen (secondary N) is 2. The van der Waals surface area contributed by atoms with Crippen molar-refractivity contribution in [3.63, 3.8) is 0 Å². The van der Waals surface area contributed by atoms with E-state index in [-0.39, 0.29) is 15.9 Å². The van der Waals surface area contributed by atoms with Gasteiger partial charge in [-0.1, -0.05) is 47.5 Å². The second-order valence-electron chi connectivity index (χ2n) is 8.23. The van der Waals surface area contributed by atoms with Gasteiger partial charge in [-0.25, -0.2) is 8.42 Å². The van der Waals surface area contributed by atoms with Crippen LogP contribution in [0.3, 0.4) is 0 Å². The van der Waals surface area contributed by atoms with E-state index >= 15 is 0 Å². The molecule has 1 aliphatic heterocycles. The first-order valence-corrected chi connectivity index (χ1v) is 14.2. The van der Waals surface area contributed by atoms with Crippen molar-refractivity contribution < 1.29 is 13.2 Å². The quantitative estimate of drug-likeness (QED) is 0.395. The van der Waals surface area contributed by atoms with E-state index in [1.807, 2.05) is 24.0 Å². The molecule has 1 fully saturated rings. The van der Waals surface area contributed by atoms with Crippen molar-refractivity contribution in [2.75, 3.05) is 36.4 Å². The number of halogens is 2. The highest BCUT2D eigenvalue weighted by Crippen LogP contribution is 2.35. The Morgan fingerprint density at radius 2 is 1.64 bits per heavy atom. The van der Waals surface area contributed by atoms with Crippen molar-refractivity contribution in [3.05, 3.63) is 87.4 Å². The molecule has 1 amide bonds. The maximum Gasteiger partial charge on any atom is 0.258 e. The zero-order valence-electron chi connectivity index (χ0n) is 19.4. The predicted octanol–water partition coefficient (Wildman–Crippen LogP) is 5.05. The maximum absolute atomic E-state index is 13.1. The average molecular weight is 608 g/mol. The summed E-state index contributed by atoms with van der Waals surface area (Å²) in [6.45, 7) is 3.43. The summed E-state index contributed by atoms with van der Waals surface area (Å²) >= 11 is 15.3. The SMILES string of the molecule is Cc1ccc(S(=O)(=O)N2CCN(c3c(Cl)cccc3NC(=S)NC(=O)c3ccccc3Br)CC2)cc1. The van der Waals surface area contributed by atoms with Gasteiger partial charge in [-0.3, -0.25) is 10.1 Å². The molecule has 1 heterocycles. The molecule has 0 aliphatic carbocycles. The predicted molar refractivity (Wildman–Crippen MR) is 151 cm³/mol. The summed E-state index contributed by atoms with van der Waals surface area (Å²) < 4.78 is 28.3. The topological polar surface area (TPSA) is 81.8 Å². The molecule has 2 N–H and O–H groups in total. The van der Waals surface area contributed by atoms with Crippen molar-refractivity contribution in [1.82, 2.24) is 9.62 Å². The van der Waals surface area contributed by atoms with Crippen LogP contribution in [0.1, 0.15) is 15.9 Å². The third kappa shape index (κ3) is 5.90. The van der Waals surface area contributed by atoms with Crippen LogP contribution in [0.25, 0.3) is 0 Å². The molecule has 0 spiro atoms. The molecule has 0 unspecified atom stereocenters. The Morgan fingerprint density at radius 1 is 0.972 bits per heavy atom. The van der Waals surface area contributed by atoms with Crippen molar-refractivity contribution in [3.8, 4) is 0 Å². The van der Waals surface area contributed by atoms with Crippen LogP contribution in [0.2, 0.25) is 5.02 Å². The van der Waals surface area contributed by atoms with Gasteiger partial charge in [0.1, 0.15) is 0 Å². The number of thiocarbonyl (C=S) groups is 1. The van der Waals surface area contributed by atoms with Gasteiger partial charge in [0.25, 0.3) is 5.91 Å². The standard InChI is InChI=1S/C25H24BrClN4O3S2/c1-17-9-11-18(12-10-17)36(33,34)31-15-13-30(14-16-31)23-21(27)7-4-8-22(23)28-25(35)29-24(32)19-5-2-3-6-20(19)26/h2-12H,13-16H2,1H3,(H2,28,29,32,35). The summed E-state index contributed by atoms with van der Waals surface area (Å²) in [5, 5.41) is 6.37. The number of aryl methyl sites for hydroxylation is 1. The number of amides is 1. The van der Waals surface area contributed by atoms with Gasteiger partial charge in [-0.15, -0.1) is 0 Å². The Balaban J connectivity index is 1.46. The molecule has 0 aromatic heterocycles. The molecule has 36 heavy (non-hydrogen) atoms. The second-order valence-corrected chi connectivity index (χ2v) is 11.8. The summed E-state index contributed by atoms with van der Waals surface area (Å²) in [5.41, 5.74) is 2.78. The van der Waals surface area contributed by atoms with E-state index in [0.29, 0.717) is 52.6 Å². The second kappa shape index (κ2) is 11.3. The Bertz CT molecular complexity index is 1390. The zero-order chi connectivity index (χ0) is 25.9. The first-order valence-electron chi connectivity index (χ1n) is 11.1. The van der Waals surface area contributed by atoms with Crippen LogP contribution in [-0.2, 0) is 10.0 Å². The summed E-state index contributed by atoms with van der Waals surface area (Å²) in [4.78, 5) is 14.9. The minimum Gasteiger partial charge on any atom is -0.366 e. The Kier molecular flexibility index (Phi) is 8.31. The number of hydrogen-bond donors (Lipinski definition) is 2. The van der Waals surface area contributed by atoms with Crippen LogP contribution in [0.15, 0.2) is 76.1 Å². The minimum absolute atomic E-state index is 0.125. The maximum atomic E-state index is 13.1. The molecular formula is C25H24BrClN4O3S2. The Morgan fingerprint density at radius 3 is 2.31 bits per heavy atom. The number of sulfonamides is 1. The number of benzene rings is 3. The van der Waals surface area contributed by atoms with E-state index in [4.69, 9.17) is 23.8 Å². The Labute approximate surface area is 229 Å². The third-order valence-corrected chi connectivity index (χ3v) is 8.91. The lowest BCUT2D eigenvalue weighted by Gasteiger charge is -2.36. The van der Waals surface area contributed by atoms with E-state index in [2.05, 4.69) is 26.6 Å². The summed E-state index contributed by atoms with van der Waals surface area (Å²) in [7, 11) is -3.58. The van der Waals surface area contributed by atoms with Crippen LogP contribution in [0, 0.1) is 6.92 Å². The van der Waals surface area contributed by atoms with E-state index < -0.39 is 10.0 Å². The smallest absolute Gasteiger partial charge is 0.258 e. The van der Waals surface area contributed by atoms with Crippen molar-refractivity contribution in [2.24, 2.45) is 0 Å². The molecule has 3 aromatic carbocycles. The normalized spacial score (nSPS) is 14.4. The van der Waals surface area contributed by atoms with Gasteiger partial charge in [0, 0.05) is 30.7 Å². The number of anilines is 2. The molecule has 0 bridgehead atoms. The summed E-state index contributed by atoms with van der Waals surface area (Å²) in [5.74, 6) is -0.349. The number of rotatable bonds is 5. The molecule has 11 heteroatoms. The molecule has 1 aliphatic rings. The van der Waals surface area contributed by atoms with Crippen LogP contribution < -0.4 is 15.5 Å². The Hall–Kier alpha value is -2.50. The van der Waals surface area contributed by atoms with Crippen molar-refractivity contribution in [1.29, 1.82) is 0 Å². The molecular weight excluding hydrogens is 584 g/mol. The largest absolute Gasteiger partial charge is 0.366 e. The number of carbonyl (C=O) groups excluding carboxylic acids is 1. The van der Waals surface area contributed by atoms with Gasteiger partial charge in [0.05, 0.1) is 26.9 Å². The van der Waals surface area contributed by atoms with E-state index in [1.165, 1.54) is 4.31 Å². The highest BCUT2D eigenvalue weighted by Gasteiger charge is 2.30. The highest BCUT2D eigenvalue weighted by atomic mass is 79.9. The van der Waals surface area contributed by atoms with Crippen LogP contribution in [0.4, 0.5) is 11.4 Å². The van der Waals surface area contributed by atoms with Gasteiger partial charge in [0.2, 0.25) is 10.0 Å². The number of hydrogen-bond acceptors (Lipinski definition) is 5. The van der Waals surface area contributed by atoms with Gasteiger partial charge in [-0.2, -0.15) is 4.31 Å². The van der Waals surface area contributed by atoms with Crippen LogP contribution in [-0.4, -0.2) is 49.9 Å². The van der Waals surface area contributed by atoms with Gasteiger partial charge in [-0.05, 0) is 71.5 Å². The number of para-hydroxylation sites is 1. The fraction of sp³-hybridized carbons (Fsp3) is 0.200. The van der Waals surface area contributed by atoms with Crippen molar-refractivity contribution in [2.45, 2.75) is 11.8 Å². The molecule has 188 valence electrons. The van der Waals surface area contributed by atoms with E-state index in [0.717, 1.165) is 5.56 Å². The fourth-order valence-electron chi connectivity index (χ4n) is 3.92. The lowest BCUT2D eigenvalue weighted by Crippen LogP contribution is -2.49. The first kappa shape index (κ1) is 26.6. The van der Waals surface area contributed by atoms with Crippen LogP contribution >= 0.6 is 39.7 Å². The fourth-order valence-corrected chi connectivity index (χ4v) is 6.30. The van der Waals surface area contributed by atoms with E-state index in [1.54, 1.807) is 54.6 Å². The molecule has 1 saturated heterocycles. The average Bonchev–Trinajstić information content (AvgIpc) is 2.85. The molecule has 0 saturated carbocycles. The van der Waals surface area contributed by atoms with Gasteiger partial charge >= 0.3 is 0 Å². The number of nitrogens with zero attached hydrogens (tertiary/aromatic N) is 2. The lowest BCUT2D eigenvalue weighted by molar-refractivity contribution is 0.0977. The minimum atomic E-state index is -3.58. The molecule has 0 atom stereocenters. The van der Waals surface area contributed by atoms with Crippen molar-refractivity contribution >= 4 is 72.2 Å². The number of carbonyl (C=O) groups is 1. The monoisotopic (exact) mass is 606 g/mol. The van der Waals surface area contributed by atoms with Gasteiger partial charge in [0.15, 0.2) is 5.11 Å². The first-order chi connectivity index (χ1) is 17.2. The zero-order valence-corrected chi connectivity index (χ0v) is 23.3. The highest BCUT2D eigenvalue weighted by molar-refractivity contribution is 9.10. The molecule has 3 aromatic rings. The van der Waals surface area contributed by atoms with E-state index in [9.17, 15) is 13.2 Å². The molecule has 7 nitrogen and oxygen atoms in total. The number of piperazine rings is 1. The lowest BCUT2D eigenvalue weighted by atomic mass is 10.2. The summed E-state index contributed by atoms with van der Waals surface area (Å²) in [6, 6.07) is 19.3.